The molecule has 4 nitrogen and oxygen atoms in total. The van der Waals surface area contributed by atoms with Crippen molar-refractivity contribution < 1.29 is 9.47 Å². The van der Waals surface area contributed by atoms with E-state index in [-0.39, 0.29) is 0 Å². The standard InChI is InChI=1S/C19H16Cl2N2O2/c1-2-24-16-3-4-18-13(10-16)5-7-23(18)15-9-14(12-22)19(17(21)11-15)25-8-6-20/h3-5,7,9-11H,2,6,8H2,1H3. The molecule has 0 amide bonds. The lowest BCUT2D eigenvalue weighted by Gasteiger charge is -2.12. The first-order valence-corrected chi connectivity index (χ1v) is 8.76. The van der Waals surface area contributed by atoms with Gasteiger partial charge in [0.1, 0.15) is 18.4 Å². The van der Waals surface area contributed by atoms with Crippen LogP contribution in [0.3, 0.4) is 0 Å². The Bertz CT molecular complexity index is 944. The first-order chi connectivity index (χ1) is 12.2. The molecule has 0 aliphatic heterocycles. The molecule has 0 bridgehead atoms. The summed E-state index contributed by atoms with van der Waals surface area (Å²) in [6, 6.07) is 13.6. The van der Waals surface area contributed by atoms with Gasteiger partial charge in [-0.05, 0) is 43.3 Å². The third-order valence-corrected chi connectivity index (χ3v) is 4.16. The minimum atomic E-state index is 0.294. The van der Waals surface area contributed by atoms with Crippen LogP contribution in [0.25, 0.3) is 16.6 Å². The first-order valence-electron chi connectivity index (χ1n) is 7.84. The summed E-state index contributed by atoms with van der Waals surface area (Å²) in [5.74, 6) is 1.52. The Morgan fingerprint density at radius 3 is 2.72 bits per heavy atom. The lowest BCUT2D eigenvalue weighted by molar-refractivity contribution is 0.340. The number of fused-ring (bicyclic) bond motifs is 1. The van der Waals surface area contributed by atoms with Crippen molar-refractivity contribution in [2.45, 2.75) is 6.92 Å². The van der Waals surface area contributed by atoms with Crippen molar-refractivity contribution in [3.8, 4) is 23.3 Å². The molecule has 128 valence electrons. The molecular weight excluding hydrogens is 359 g/mol. The predicted octanol–water partition coefficient (Wildman–Crippen LogP) is 5.17. The largest absolute Gasteiger partial charge is 0.494 e. The topological polar surface area (TPSA) is 47.2 Å². The Kier molecular flexibility index (Phi) is 5.37. The van der Waals surface area contributed by atoms with Gasteiger partial charge in [0.2, 0.25) is 0 Å². The second-order valence-electron chi connectivity index (χ2n) is 5.29. The summed E-state index contributed by atoms with van der Waals surface area (Å²) in [7, 11) is 0. The van der Waals surface area contributed by atoms with Crippen LogP contribution in [0.4, 0.5) is 0 Å². The van der Waals surface area contributed by atoms with E-state index < -0.39 is 0 Å². The number of hydrogen-bond donors (Lipinski definition) is 0. The molecule has 1 heterocycles. The quantitative estimate of drug-likeness (QED) is 0.559. The number of halogens is 2. The van der Waals surface area contributed by atoms with Crippen LogP contribution in [0.1, 0.15) is 12.5 Å². The number of hydrogen-bond acceptors (Lipinski definition) is 3. The maximum atomic E-state index is 9.43. The summed E-state index contributed by atoms with van der Waals surface area (Å²) in [5, 5.41) is 10.9. The van der Waals surface area contributed by atoms with Gasteiger partial charge in [-0.1, -0.05) is 11.6 Å². The summed E-state index contributed by atoms with van der Waals surface area (Å²) < 4.78 is 13.0. The third-order valence-electron chi connectivity index (χ3n) is 3.72. The zero-order valence-electron chi connectivity index (χ0n) is 13.6. The van der Waals surface area contributed by atoms with E-state index in [1.54, 1.807) is 12.1 Å². The fourth-order valence-corrected chi connectivity index (χ4v) is 3.04. The normalized spacial score (nSPS) is 10.6. The fraction of sp³-hybridized carbons (Fsp3) is 0.211. The monoisotopic (exact) mass is 374 g/mol. The smallest absolute Gasteiger partial charge is 0.155 e. The molecule has 0 saturated heterocycles. The van der Waals surface area contributed by atoms with E-state index in [1.807, 2.05) is 42.0 Å². The van der Waals surface area contributed by atoms with Gasteiger partial charge in [-0.15, -0.1) is 11.6 Å². The van der Waals surface area contributed by atoms with E-state index in [4.69, 9.17) is 32.7 Å². The Labute approximate surface area is 156 Å². The molecule has 0 radical (unpaired) electrons. The second-order valence-corrected chi connectivity index (χ2v) is 6.08. The Morgan fingerprint density at radius 1 is 1.16 bits per heavy atom. The van der Waals surface area contributed by atoms with E-state index in [1.165, 1.54) is 0 Å². The highest BCUT2D eigenvalue weighted by Crippen LogP contribution is 2.33. The number of alkyl halides is 1. The molecule has 0 aliphatic rings. The molecule has 1 aromatic heterocycles. The molecule has 0 fully saturated rings. The molecule has 0 saturated carbocycles. The number of aromatic nitrogens is 1. The summed E-state index contributed by atoms with van der Waals surface area (Å²) in [4.78, 5) is 0. The van der Waals surface area contributed by atoms with Gasteiger partial charge in [-0.3, -0.25) is 0 Å². The number of rotatable bonds is 6. The van der Waals surface area contributed by atoms with Crippen LogP contribution in [0.15, 0.2) is 42.6 Å². The molecular formula is C19H16Cl2N2O2. The minimum Gasteiger partial charge on any atom is -0.494 e. The van der Waals surface area contributed by atoms with E-state index >= 15 is 0 Å². The van der Waals surface area contributed by atoms with Gasteiger partial charge in [0.05, 0.1) is 28.6 Å². The highest BCUT2D eigenvalue weighted by atomic mass is 35.5. The van der Waals surface area contributed by atoms with Gasteiger partial charge in [0.25, 0.3) is 0 Å². The number of nitrogens with zero attached hydrogens (tertiary/aromatic N) is 2. The maximum absolute atomic E-state index is 9.43. The molecule has 0 unspecified atom stereocenters. The van der Waals surface area contributed by atoms with Crippen molar-refractivity contribution in [2.24, 2.45) is 0 Å². The van der Waals surface area contributed by atoms with Gasteiger partial charge >= 0.3 is 0 Å². The van der Waals surface area contributed by atoms with Crippen LogP contribution < -0.4 is 9.47 Å². The van der Waals surface area contributed by atoms with Gasteiger partial charge in [0.15, 0.2) is 5.75 Å². The van der Waals surface area contributed by atoms with E-state index in [2.05, 4.69) is 6.07 Å². The van der Waals surface area contributed by atoms with Crippen molar-refractivity contribution in [1.82, 2.24) is 4.57 Å². The van der Waals surface area contributed by atoms with Crippen molar-refractivity contribution in [3.05, 3.63) is 53.2 Å². The Morgan fingerprint density at radius 2 is 2.00 bits per heavy atom. The van der Waals surface area contributed by atoms with Crippen LogP contribution >= 0.6 is 23.2 Å². The molecule has 0 spiro atoms. The molecule has 25 heavy (non-hydrogen) atoms. The molecule has 0 atom stereocenters. The summed E-state index contributed by atoms with van der Waals surface area (Å²) in [6.45, 7) is 2.87. The SMILES string of the molecule is CCOc1ccc2c(ccn2-c2cc(Cl)c(OCCCl)c(C#N)c2)c1. The van der Waals surface area contributed by atoms with Gasteiger partial charge in [-0.25, -0.2) is 0 Å². The fourth-order valence-electron chi connectivity index (χ4n) is 2.69. The maximum Gasteiger partial charge on any atom is 0.155 e. The van der Waals surface area contributed by atoms with Crippen LogP contribution in [0.2, 0.25) is 5.02 Å². The lowest BCUT2D eigenvalue weighted by atomic mass is 10.2. The number of nitriles is 1. The van der Waals surface area contributed by atoms with Crippen LogP contribution in [0, 0.1) is 11.3 Å². The first kappa shape index (κ1) is 17.5. The average Bonchev–Trinajstić information content (AvgIpc) is 3.03. The molecule has 3 rings (SSSR count). The van der Waals surface area contributed by atoms with Crippen LogP contribution in [0.5, 0.6) is 11.5 Å². The van der Waals surface area contributed by atoms with Gasteiger partial charge in [-0.2, -0.15) is 5.26 Å². The third kappa shape index (κ3) is 3.53. The summed E-state index contributed by atoms with van der Waals surface area (Å²) >= 11 is 12.0. The summed E-state index contributed by atoms with van der Waals surface area (Å²) in [5.41, 5.74) is 2.16. The minimum absolute atomic E-state index is 0.294. The van der Waals surface area contributed by atoms with Gasteiger partial charge < -0.3 is 14.0 Å². The molecule has 0 N–H and O–H groups in total. The van der Waals surface area contributed by atoms with Gasteiger partial charge in [0, 0.05) is 17.3 Å². The zero-order chi connectivity index (χ0) is 17.8. The van der Waals surface area contributed by atoms with Crippen molar-refractivity contribution in [2.75, 3.05) is 19.1 Å². The number of benzene rings is 2. The van der Waals surface area contributed by atoms with Crippen LogP contribution in [-0.2, 0) is 0 Å². The lowest BCUT2D eigenvalue weighted by Crippen LogP contribution is -2.02. The molecule has 0 aliphatic carbocycles. The molecule has 3 aromatic rings. The highest BCUT2D eigenvalue weighted by Gasteiger charge is 2.13. The Hall–Kier alpha value is -2.35. The van der Waals surface area contributed by atoms with Crippen molar-refractivity contribution in [3.63, 3.8) is 0 Å². The molecule has 6 heteroatoms. The predicted molar refractivity (Wildman–Crippen MR) is 100 cm³/mol. The highest BCUT2D eigenvalue weighted by molar-refractivity contribution is 6.32. The zero-order valence-corrected chi connectivity index (χ0v) is 15.1. The van der Waals surface area contributed by atoms with Crippen LogP contribution in [-0.4, -0.2) is 23.7 Å². The van der Waals surface area contributed by atoms with E-state index in [0.717, 1.165) is 22.3 Å². The van der Waals surface area contributed by atoms with Crippen molar-refractivity contribution in [1.29, 1.82) is 5.26 Å². The average molecular weight is 375 g/mol. The van der Waals surface area contributed by atoms with Crippen molar-refractivity contribution >= 4 is 34.1 Å². The van der Waals surface area contributed by atoms with E-state index in [9.17, 15) is 5.26 Å². The summed E-state index contributed by atoms with van der Waals surface area (Å²) in [6.07, 6.45) is 1.94. The second kappa shape index (κ2) is 7.69. The number of ether oxygens (including phenoxy) is 2. The Balaban J connectivity index is 2.06. The molecule has 2 aromatic carbocycles. The van der Waals surface area contributed by atoms with E-state index in [0.29, 0.717) is 35.4 Å².